The average Bonchev–Trinajstić information content (AvgIpc) is 2.15. The predicted octanol–water partition coefficient (Wildman–Crippen LogP) is 4.04. The summed E-state index contributed by atoms with van der Waals surface area (Å²) in [5, 5.41) is 0.677. The number of hydrogen-bond donors (Lipinski definition) is 0. The van der Waals surface area contributed by atoms with Crippen LogP contribution in [0.3, 0.4) is 0 Å². The first-order chi connectivity index (χ1) is 6.65. The van der Waals surface area contributed by atoms with Gasteiger partial charge in [0, 0.05) is 10.5 Å². The molecule has 0 bridgehead atoms. The smallest absolute Gasteiger partial charge is 0.159 e. The number of ketones is 1. The van der Waals surface area contributed by atoms with Gasteiger partial charge in [0.2, 0.25) is 0 Å². The van der Waals surface area contributed by atoms with Gasteiger partial charge in [-0.25, -0.2) is 0 Å². The maximum atomic E-state index is 11.1. The van der Waals surface area contributed by atoms with Crippen molar-refractivity contribution in [3.8, 4) is 0 Å². The lowest BCUT2D eigenvalue weighted by atomic mass is 10.1. The molecular formula is C11H13ClOS. The second kappa shape index (κ2) is 5.42. The van der Waals surface area contributed by atoms with Crippen LogP contribution in [0.15, 0.2) is 23.1 Å². The van der Waals surface area contributed by atoms with E-state index in [4.69, 9.17) is 11.6 Å². The zero-order chi connectivity index (χ0) is 10.6. The minimum absolute atomic E-state index is 0.0546. The summed E-state index contributed by atoms with van der Waals surface area (Å²) in [4.78, 5) is 12.1. The van der Waals surface area contributed by atoms with E-state index in [9.17, 15) is 4.79 Å². The van der Waals surface area contributed by atoms with Crippen LogP contribution in [0.5, 0.6) is 0 Å². The fourth-order valence-corrected chi connectivity index (χ4v) is 2.18. The van der Waals surface area contributed by atoms with E-state index in [1.165, 1.54) is 0 Å². The van der Waals surface area contributed by atoms with Crippen molar-refractivity contribution in [3.63, 3.8) is 0 Å². The Labute approximate surface area is 93.8 Å². The van der Waals surface area contributed by atoms with Gasteiger partial charge in [-0.1, -0.05) is 24.6 Å². The summed E-state index contributed by atoms with van der Waals surface area (Å²) in [5.74, 6) is 1.11. The molecule has 1 rings (SSSR count). The van der Waals surface area contributed by atoms with Crippen molar-refractivity contribution < 1.29 is 4.79 Å². The molecule has 0 saturated heterocycles. The number of hydrogen-bond acceptors (Lipinski definition) is 2. The van der Waals surface area contributed by atoms with Crippen LogP contribution in [0.4, 0.5) is 0 Å². The molecule has 0 aromatic heterocycles. The van der Waals surface area contributed by atoms with Gasteiger partial charge in [-0.2, -0.15) is 0 Å². The molecule has 0 unspecified atom stereocenters. The van der Waals surface area contributed by atoms with Gasteiger partial charge in [0.25, 0.3) is 0 Å². The lowest BCUT2D eigenvalue weighted by Crippen LogP contribution is -1.91. The molecule has 0 saturated carbocycles. The summed E-state index contributed by atoms with van der Waals surface area (Å²) >= 11 is 7.76. The zero-order valence-electron chi connectivity index (χ0n) is 8.34. The molecule has 0 atom stereocenters. The maximum Gasteiger partial charge on any atom is 0.159 e. The van der Waals surface area contributed by atoms with Gasteiger partial charge in [0.1, 0.15) is 0 Å². The van der Waals surface area contributed by atoms with Crippen molar-refractivity contribution in [2.24, 2.45) is 0 Å². The molecule has 0 aliphatic carbocycles. The van der Waals surface area contributed by atoms with Crippen molar-refractivity contribution in [2.75, 3.05) is 5.75 Å². The Hall–Kier alpha value is -0.470. The number of benzene rings is 1. The van der Waals surface area contributed by atoms with Crippen LogP contribution in [-0.4, -0.2) is 11.5 Å². The molecule has 1 nitrogen and oxygen atoms in total. The highest BCUT2D eigenvalue weighted by atomic mass is 35.5. The number of Topliss-reactive ketones (excluding diaryl/α,β-unsaturated/α-hetero) is 1. The largest absolute Gasteiger partial charge is 0.295 e. The third-order valence-corrected chi connectivity index (χ3v) is 3.50. The summed E-state index contributed by atoms with van der Waals surface area (Å²) in [5.41, 5.74) is 0.677. The first-order valence-electron chi connectivity index (χ1n) is 4.58. The Morgan fingerprint density at radius 3 is 2.71 bits per heavy atom. The molecular weight excluding hydrogens is 216 g/mol. The summed E-state index contributed by atoms with van der Waals surface area (Å²) in [6.45, 7) is 3.68. The van der Waals surface area contributed by atoms with E-state index in [2.05, 4.69) is 6.92 Å². The fourth-order valence-electron chi connectivity index (χ4n) is 1.05. The van der Waals surface area contributed by atoms with Gasteiger partial charge >= 0.3 is 0 Å². The van der Waals surface area contributed by atoms with Crippen molar-refractivity contribution in [1.82, 2.24) is 0 Å². The number of carbonyl (C=O) groups is 1. The summed E-state index contributed by atoms with van der Waals surface area (Å²) in [6.07, 6.45) is 1.12. The molecule has 0 radical (unpaired) electrons. The van der Waals surface area contributed by atoms with Gasteiger partial charge in [-0.3, -0.25) is 4.79 Å². The van der Waals surface area contributed by atoms with Crippen LogP contribution in [0.25, 0.3) is 0 Å². The number of rotatable bonds is 4. The molecule has 0 spiro atoms. The lowest BCUT2D eigenvalue weighted by molar-refractivity contribution is 0.101. The second-order valence-corrected chi connectivity index (χ2v) is 4.59. The quantitative estimate of drug-likeness (QED) is 0.572. The molecule has 14 heavy (non-hydrogen) atoms. The van der Waals surface area contributed by atoms with Gasteiger partial charge in [0.15, 0.2) is 5.78 Å². The van der Waals surface area contributed by atoms with Gasteiger partial charge in [-0.15, -0.1) is 11.8 Å². The van der Waals surface area contributed by atoms with E-state index in [1.807, 2.05) is 12.1 Å². The van der Waals surface area contributed by atoms with E-state index in [0.717, 1.165) is 17.1 Å². The van der Waals surface area contributed by atoms with Gasteiger partial charge < -0.3 is 0 Å². The van der Waals surface area contributed by atoms with Gasteiger partial charge in [-0.05, 0) is 31.2 Å². The highest BCUT2D eigenvalue weighted by Crippen LogP contribution is 2.28. The zero-order valence-corrected chi connectivity index (χ0v) is 9.91. The van der Waals surface area contributed by atoms with Gasteiger partial charge in [0.05, 0.1) is 5.02 Å². The molecule has 1 aromatic rings. The van der Waals surface area contributed by atoms with E-state index in [-0.39, 0.29) is 5.78 Å². The maximum absolute atomic E-state index is 11.1. The van der Waals surface area contributed by atoms with Crippen LogP contribution in [0.1, 0.15) is 30.6 Å². The van der Waals surface area contributed by atoms with E-state index in [0.29, 0.717) is 10.6 Å². The third-order valence-electron chi connectivity index (χ3n) is 1.80. The Morgan fingerprint density at radius 2 is 2.21 bits per heavy atom. The molecule has 0 aliphatic rings. The van der Waals surface area contributed by atoms with Crippen LogP contribution >= 0.6 is 23.4 Å². The monoisotopic (exact) mass is 228 g/mol. The summed E-state index contributed by atoms with van der Waals surface area (Å²) in [7, 11) is 0. The highest BCUT2D eigenvalue weighted by Gasteiger charge is 2.04. The summed E-state index contributed by atoms with van der Waals surface area (Å²) < 4.78 is 0. The predicted molar refractivity (Wildman–Crippen MR) is 62.5 cm³/mol. The standard InChI is InChI=1S/C11H13ClOS/c1-3-6-14-11-5-4-9(8(2)13)7-10(11)12/h4-5,7H,3,6H2,1-2H3. The Morgan fingerprint density at radius 1 is 1.50 bits per heavy atom. The molecule has 3 heteroatoms. The van der Waals surface area contributed by atoms with Crippen LogP contribution in [0, 0.1) is 0 Å². The van der Waals surface area contributed by atoms with Crippen LogP contribution < -0.4 is 0 Å². The highest BCUT2D eigenvalue weighted by molar-refractivity contribution is 7.99. The van der Waals surface area contributed by atoms with Crippen molar-refractivity contribution in [3.05, 3.63) is 28.8 Å². The summed E-state index contributed by atoms with van der Waals surface area (Å²) in [6, 6.07) is 5.48. The first-order valence-corrected chi connectivity index (χ1v) is 5.94. The van der Waals surface area contributed by atoms with Crippen molar-refractivity contribution in [2.45, 2.75) is 25.2 Å². The Bertz CT molecular complexity index is 336. The topological polar surface area (TPSA) is 17.1 Å². The van der Waals surface area contributed by atoms with E-state index < -0.39 is 0 Å². The lowest BCUT2D eigenvalue weighted by Gasteiger charge is -2.04. The minimum atomic E-state index is 0.0546. The molecule has 0 aliphatic heterocycles. The molecule has 0 fully saturated rings. The normalized spacial score (nSPS) is 10.2. The van der Waals surface area contributed by atoms with Crippen LogP contribution in [-0.2, 0) is 0 Å². The van der Waals surface area contributed by atoms with Crippen molar-refractivity contribution in [1.29, 1.82) is 0 Å². The van der Waals surface area contributed by atoms with E-state index >= 15 is 0 Å². The second-order valence-electron chi connectivity index (χ2n) is 3.05. The first kappa shape index (κ1) is 11.6. The molecule has 1 aromatic carbocycles. The molecule has 76 valence electrons. The number of carbonyl (C=O) groups excluding carboxylic acids is 1. The third kappa shape index (κ3) is 3.03. The average molecular weight is 229 g/mol. The van der Waals surface area contributed by atoms with Crippen molar-refractivity contribution >= 4 is 29.1 Å². The van der Waals surface area contributed by atoms with Crippen LogP contribution in [0.2, 0.25) is 5.02 Å². The Kier molecular flexibility index (Phi) is 4.49. The molecule has 0 heterocycles. The van der Waals surface area contributed by atoms with E-state index in [1.54, 1.807) is 24.8 Å². The number of thioether (sulfide) groups is 1. The number of halogens is 1. The Balaban J connectivity index is 2.84. The molecule has 0 N–H and O–H groups in total. The fraction of sp³-hybridized carbons (Fsp3) is 0.364. The SMILES string of the molecule is CCCSc1ccc(C(C)=O)cc1Cl. The molecule has 0 amide bonds. The minimum Gasteiger partial charge on any atom is -0.295 e.